The monoisotopic (exact) mass is 257 g/mol. The first-order valence-electron chi connectivity index (χ1n) is 4.57. The van der Waals surface area contributed by atoms with Crippen molar-refractivity contribution in [3.63, 3.8) is 0 Å². The van der Waals surface area contributed by atoms with E-state index in [1.54, 1.807) is 18.7 Å². The molecule has 0 aromatic rings. The molecule has 0 radical (unpaired) electrons. The molecule has 0 aliphatic rings. The summed E-state index contributed by atoms with van der Waals surface area (Å²) < 4.78 is 1.03. The minimum Gasteiger partial charge on any atom is -0.337 e. The highest BCUT2D eigenvalue weighted by Crippen LogP contribution is 2.07. The van der Waals surface area contributed by atoms with Gasteiger partial charge in [-0.2, -0.15) is 0 Å². The Kier molecular flexibility index (Phi) is 7.23. The topological polar surface area (TPSA) is 20.3 Å². The fourth-order valence-electron chi connectivity index (χ4n) is 0.937. The third-order valence-electron chi connectivity index (χ3n) is 1.78. The van der Waals surface area contributed by atoms with Crippen molar-refractivity contribution in [1.82, 2.24) is 4.90 Å². The zero-order valence-corrected chi connectivity index (χ0v) is 10.5. The molecule has 78 valence electrons. The van der Waals surface area contributed by atoms with Gasteiger partial charge in [-0.25, -0.2) is 0 Å². The second-order valence-corrected chi connectivity index (χ2v) is 3.87. The van der Waals surface area contributed by atoms with Crippen LogP contribution in [-0.2, 0) is 4.79 Å². The van der Waals surface area contributed by atoms with E-state index in [4.69, 9.17) is 0 Å². The van der Waals surface area contributed by atoms with Crippen LogP contribution in [0, 0.1) is 11.8 Å². The van der Waals surface area contributed by atoms with Crippen LogP contribution in [0.25, 0.3) is 0 Å². The molecule has 3 heteroatoms. The van der Waals surface area contributed by atoms with Gasteiger partial charge < -0.3 is 4.90 Å². The molecule has 2 nitrogen and oxygen atoms in total. The van der Waals surface area contributed by atoms with E-state index in [9.17, 15) is 4.79 Å². The van der Waals surface area contributed by atoms with Crippen molar-refractivity contribution in [3.05, 3.63) is 10.6 Å². The first-order valence-corrected chi connectivity index (χ1v) is 5.37. The van der Waals surface area contributed by atoms with Gasteiger partial charge in [0.2, 0.25) is 5.91 Å². The molecule has 0 spiro atoms. The van der Waals surface area contributed by atoms with Gasteiger partial charge in [-0.15, -0.1) is 11.8 Å². The lowest BCUT2D eigenvalue weighted by Crippen LogP contribution is -2.30. The van der Waals surface area contributed by atoms with Gasteiger partial charge >= 0.3 is 0 Å². The molecule has 0 aliphatic heterocycles. The van der Waals surface area contributed by atoms with E-state index in [1.165, 1.54) is 0 Å². The second-order valence-electron chi connectivity index (χ2n) is 2.85. The molecule has 14 heavy (non-hydrogen) atoms. The van der Waals surface area contributed by atoms with Gasteiger partial charge in [0, 0.05) is 24.4 Å². The first kappa shape index (κ1) is 13.2. The molecule has 1 amide bonds. The highest BCUT2D eigenvalue weighted by atomic mass is 79.9. The predicted octanol–water partition coefficient (Wildman–Crippen LogP) is 2.55. The SMILES string of the molecule is CC#CCCN(C/C(Br)=C/C)C(C)=O. The fraction of sp³-hybridized carbons (Fsp3) is 0.545. The molecule has 0 unspecified atom stereocenters. The van der Waals surface area contributed by atoms with Gasteiger partial charge in [-0.3, -0.25) is 4.79 Å². The Bertz CT molecular complexity index is 273. The highest BCUT2D eigenvalue weighted by Gasteiger charge is 2.07. The molecule has 0 aromatic heterocycles. The molecular weight excluding hydrogens is 242 g/mol. The van der Waals surface area contributed by atoms with Crippen molar-refractivity contribution in [2.24, 2.45) is 0 Å². The number of carbonyl (C=O) groups excluding carboxylic acids is 1. The van der Waals surface area contributed by atoms with Gasteiger partial charge in [0.05, 0.1) is 6.54 Å². The van der Waals surface area contributed by atoms with Crippen LogP contribution in [0.2, 0.25) is 0 Å². The van der Waals surface area contributed by atoms with E-state index in [-0.39, 0.29) is 5.91 Å². The molecule has 0 aliphatic carbocycles. The minimum absolute atomic E-state index is 0.0849. The van der Waals surface area contributed by atoms with E-state index >= 15 is 0 Å². The second kappa shape index (κ2) is 7.64. The maximum atomic E-state index is 11.2. The highest BCUT2D eigenvalue weighted by molar-refractivity contribution is 9.11. The Morgan fingerprint density at radius 1 is 1.57 bits per heavy atom. The summed E-state index contributed by atoms with van der Waals surface area (Å²) in [5.41, 5.74) is 0. The standard InChI is InChI=1S/C11H16BrNO/c1-4-6-7-8-13(10(3)14)9-11(12)5-2/h5H,7-9H2,1-3H3/b11-5-. The molecule has 0 N–H and O–H groups in total. The average molecular weight is 258 g/mol. The lowest BCUT2D eigenvalue weighted by atomic mass is 10.3. The Hall–Kier alpha value is -0.750. The van der Waals surface area contributed by atoms with Crippen molar-refractivity contribution in [3.8, 4) is 11.8 Å². The summed E-state index contributed by atoms with van der Waals surface area (Å²) in [5, 5.41) is 0. The number of amides is 1. The summed E-state index contributed by atoms with van der Waals surface area (Å²) in [6.07, 6.45) is 2.68. The summed E-state index contributed by atoms with van der Waals surface area (Å²) in [6, 6.07) is 0. The number of carbonyl (C=O) groups is 1. The number of hydrogen-bond acceptors (Lipinski definition) is 1. The van der Waals surface area contributed by atoms with Crippen LogP contribution in [-0.4, -0.2) is 23.9 Å². The van der Waals surface area contributed by atoms with Crippen LogP contribution in [0.3, 0.4) is 0 Å². The summed E-state index contributed by atoms with van der Waals surface area (Å²) in [4.78, 5) is 13.0. The normalized spacial score (nSPS) is 10.4. The van der Waals surface area contributed by atoms with Crippen molar-refractivity contribution in [2.45, 2.75) is 27.2 Å². The predicted molar refractivity (Wildman–Crippen MR) is 63.0 cm³/mol. The number of halogens is 1. The van der Waals surface area contributed by atoms with Gasteiger partial charge in [0.25, 0.3) is 0 Å². The first-order chi connectivity index (χ1) is 6.61. The molecule has 0 rings (SSSR count). The number of hydrogen-bond donors (Lipinski definition) is 0. The van der Waals surface area contributed by atoms with Crippen LogP contribution >= 0.6 is 15.9 Å². The zero-order valence-electron chi connectivity index (χ0n) is 8.93. The summed E-state index contributed by atoms with van der Waals surface area (Å²) >= 11 is 3.39. The lowest BCUT2D eigenvalue weighted by Gasteiger charge is -2.19. The molecule has 0 aromatic carbocycles. The molecule has 0 atom stereocenters. The smallest absolute Gasteiger partial charge is 0.219 e. The maximum absolute atomic E-state index is 11.2. The van der Waals surface area contributed by atoms with Crippen LogP contribution < -0.4 is 0 Å². The van der Waals surface area contributed by atoms with E-state index in [2.05, 4.69) is 27.8 Å². The fourth-order valence-corrected chi connectivity index (χ4v) is 1.24. The van der Waals surface area contributed by atoms with Gasteiger partial charge in [0.1, 0.15) is 0 Å². The van der Waals surface area contributed by atoms with E-state index in [0.29, 0.717) is 13.1 Å². The van der Waals surface area contributed by atoms with Crippen molar-refractivity contribution >= 4 is 21.8 Å². The zero-order chi connectivity index (χ0) is 11.0. The summed E-state index contributed by atoms with van der Waals surface area (Å²) in [7, 11) is 0. The Balaban J connectivity index is 4.14. The van der Waals surface area contributed by atoms with E-state index in [0.717, 1.165) is 10.9 Å². The van der Waals surface area contributed by atoms with Gasteiger partial charge in [0.15, 0.2) is 0 Å². The lowest BCUT2D eigenvalue weighted by molar-refractivity contribution is -0.128. The average Bonchev–Trinajstić information content (AvgIpc) is 2.16. The third-order valence-corrected chi connectivity index (χ3v) is 2.49. The Labute approximate surface area is 94.5 Å². The molecular formula is C11H16BrNO. The molecule has 0 saturated carbocycles. The van der Waals surface area contributed by atoms with Crippen LogP contribution in [0.1, 0.15) is 27.2 Å². The van der Waals surface area contributed by atoms with E-state index in [1.807, 2.05) is 13.0 Å². The largest absolute Gasteiger partial charge is 0.337 e. The van der Waals surface area contributed by atoms with Gasteiger partial charge in [-0.05, 0) is 13.8 Å². The number of rotatable bonds is 4. The molecule has 0 saturated heterocycles. The number of allylic oxidation sites excluding steroid dienone is 1. The minimum atomic E-state index is 0.0849. The number of nitrogens with zero attached hydrogens (tertiary/aromatic N) is 1. The summed E-state index contributed by atoms with van der Waals surface area (Å²) in [5.74, 6) is 5.85. The van der Waals surface area contributed by atoms with Crippen LogP contribution in [0.4, 0.5) is 0 Å². The van der Waals surface area contributed by atoms with Gasteiger partial charge in [-0.1, -0.05) is 22.0 Å². The van der Waals surface area contributed by atoms with Crippen molar-refractivity contribution < 1.29 is 4.79 Å². The summed E-state index contributed by atoms with van der Waals surface area (Å²) in [6.45, 7) is 6.65. The van der Waals surface area contributed by atoms with Crippen molar-refractivity contribution in [1.29, 1.82) is 0 Å². The van der Waals surface area contributed by atoms with Crippen LogP contribution in [0.15, 0.2) is 10.6 Å². The van der Waals surface area contributed by atoms with E-state index < -0.39 is 0 Å². The Morgan fingerprint density at radius 2 is 2.21 bits per heavy atom. The maximum Gasteiger partial charge on any atom is 0.219 e. The van der Waals surface area contributed by atoms with Crippen LogP contribution in [0.5, 0.6) is 0 Å². The quantitative estimate of drug-likeness (QED) is 0.709. The molecule has 0 heterocycles. The molecule has 0 fully saturated rings. The third kappa shape index (κ3) is 5.82. The molecule has 0 bridgehead atoms. The van der Waals surface area contributed by atoms with Crippen molar-refractivity contribution in [2.75, 3.05) is 13.1 Å². The Morgan fingerprint density at radius 3 is 2.64 bits per heavy atom.